The Bertz CT molecular complexity index is 473. The molecule has 0 spiro atoms. The maximum absolute atomic E-state index is 11.6. The summed E-state index contributed by atoms with van der Waals surface area (Å²) in [4.78, 5) is 22.9. The zero-order valence-corrected chi connectivity index (χ0v) is 12.7. The van der Waals surface area contributed by atoms with Crippen molar-refractivity contribution < 1.29 is 9.59 Å². The van der Waals surface area contributed by atoms with Crippen molar-refractivity contribution in [3.05, 3.63) is 0 Å². The Morgan fingerprint density at radius 3 is 2.70 bits per heavy atom. The molecule has 0 radical (unpaired) electrons. The standard InChI is InChI=1S/C11H20N6O2S/c1-4-5-13-10(19)14-8(18)6-20-11-16-15-9(12)17(11)7(2)3/h7H,4-6H2,1-3H3,(H2,12,15)(H2,13,14,18,19). The maximum Gasteiger partial charge on any atom is 0.321 e. The van der Waals surface area contributed by atoms with Crippen molar-refractivity contribution in [3.63, 3.8) is 0 Å². The second-order valence-corrected chi connectivity index (χ2v) is 5.34. The molecule has 0 aliphatic heterocycles. The minimum atomic E-state index is -0.484. The third-order valence-corrected chi connectivity index (χ3v) is 3.27. The van der Waals surface area contributed by atoms with E-state index in [0.717, 1.165) is 6.42 Å². The first-order valence-corrected chi connectivity index (χ1v) is 7.35. The molecule has 0 aromatic carbocycles. The van der Waals surface area contributed by atoms with Gasteiger partial charge in [0, 0.05) is 12.6 Å². The van der Waals surface area contributed by atoms with Gasteiger partial charge in [-0.2, -0.15) is 0 Å². The summed E-state index contributed by atoms with van der Waals surface area (Å²) >= 11 is 1.19. The Labute approximate surface area is 121 Å². The Morgan fingerprint density at radius 1 is 1.40 bits per heavy atom. The predicted molar refractivity (Wildman–Crippen MR) is 77.4 cm³/mol. The Morgan fingerprint density at radius 2 is 2.10 bits per heavy atom. The molecule has 3 amide bonds. The first-order chi connectivity index (χ1) is 9.45. The molecule has 0 aliphatic carbocycles. The van der Waals surface area contributed by atoms with Crippen molar-refractivity contribution in [3.8, 4) is 0 Å². The molecule has 1 aromatic heterocycles. The number of nitrogens with one attached hydrogen (secondary N) is 2. The number of nitrogens with zero attached hydrogens (tertiary/aromatic N) is 3. The molecule has 0 saturated carbocycles. The molecule has 0 fully saturated rings. The van der Waals surface area contributed by atoms with Crippen LogP contribution in [0.5, 0.6) is 0 Å². The predicted octanol–water partition coefficient (Wildman–Crippen LogP) is 0.769. The summed E-state index contributed by atoms with van der Waals surface area (Å²) in [7, 11) is 0. The van der Waals surface area contributed by atoms with E-state index in [-0.39, 0.29) is 17.7 Å². The molecule has 20 heavy (non-hydrogen) atoms. The summed E-state index contributed by atoms with van der Waals surface area (Å²) < 4.78 is 1.73. The number of nitrogen functional groups attached to an aromatic ring is 1. The van der Waals surface area contributed by atoms with E-state index >= 15 is 0 Å². The molecule has 1 heterocycles. The van der Waals surface area contributed by atoms with Crippen molar-refractivity contribution in [2.24, 2.45) is 0 Å². The number of carbonyl (C=O) groups is 2. The molecule has 0 atom stereocenters. The quantitative estimate of drug-likeness (QED) is 0.668. The van der Waals surface area contributed by atoms with Gasteiger partial charge in [0.15, 0.2) is 5.16 Å². The maximum atomic E-state index is 11.6. The first-order valence-electron chi connectivity index (χ1n) is 6.36. The molecule has 8 nitrogen and oxygen atoms in total. The first kappa shape index (κ1) is 16.3. The lowest BCUT2D eigenvalue weighted by Crippen LogP contribution is -2.40. The SMILES string of the molecule is CCCNC(=O)NC(=O)CSc1nnc(N)n1C(C)C. The van der Waals surface area contributed by atoms with Gasteiger partial charge in [-0.3, -0.25) is 14.7 Å². The van der Waals surface area contributed by atoms with Gasteiger partial charge >= 0.3 is 6.03 Å². The minimum Gasteiger partial charge on any atom is -0.368 e. The number of amides is 3. The number of urea groups is 1. The fourth-order valence-corrected chi connectivity index (χ4v) is 2.32. The van der Waals surface area contributed by atoms with E-state index in [2.05, 4.69) is 20.8 Å². The number of aromatic nitrogens is 3. The lowest BCUT2D eigenvalue weighted by molar-refractivity contribution is -0.117. The average Bonchev–Trinajstić information content (AvgIpc) is 2.75. The topological polar surface area (TPSA) is 115 Å². The van der Waals surface area contributed by atoms with Crippen LogP contribution in [0.25, 0.3) is 0 Å². The van der Waals surface area contributed by atoms with Crippen molar-refractivity contribution in [2.75, 3.05) is 18.0 Å². The van der Waals surface area contributed by atoms with Crippen LogP contribution in [-0.2, 0) is 4.79 Å². The highest BCUT2D eigenvalue weighted by Gasteiger charge is 2.15. The van der Waals surface area contributed by atoms with Gasteiger partial charge in [-0.1, -0.05) is 18.7 Å². The van der Waals surface area contributed by atoms with E-state index in [1.165, 1.54) is 11.8 Å². The molecular weight excluding hydrogens is 280 g/mol. The normalized spacial score (nSPS) is 10.6. The number of nitrogens with two attached hydrogens (primary N) is 1. The summed E-state index contributed by atoms with van der Waals surface area (Å²) in [6.07, 6.45) is 0.813. The number of thioether (sulfide) groups is 1. The lowest BCUT2D eigenvalue weighted by atomic mass is 10.4. The molecular formula is C11H20N6O2S. The van der Waals surface area contributed by atoms with Crippen LogP contribution >= 0.6 is 11.8 Å². The highest BCUT2D eigenvalue weighted by Crippen LogP contribution is 2.22. The van der Waals surface area contributed by atoms with E-state index in [1.54, 1.807) is 4.57 Å². The van der Waals surface area contributed by atoms with Crippen LogP contribution in [0.3, 0.4) is 0 Å². The molecule has 9 heteroatoms. The number of hydrogen-bond donors (Lipinski definition) is 3. The van der Waals surface area contributed by atoms with Crippen molar-refractivity contribution in [2.45, 2.75) is 38.4 Å². The number of hydrogen-bond acceptors (Lipinski definition) is 6. The zero-order valence-electron chi connectivity index (χ0n) is 11.8. The van der Waals surface area contributed by atoms with Crippen LogP contribution < -0.4 is 16.4 Å². The Balaban J connectivity index is 2.47. The number of imide groups is 1. The molecule has 1 aromatic rings. The minimum absolute atomic E-state index is 0.0738. The van der Waals surface area contributed by atoms with Gasteiger partial charge in [-0.25, -0.2) is 4.79 Å². The van der Waals surface area contributed by atoms with Crippen LogP contribution in [0.1, 0.15) is 33.2 Å². The van der Waals surface area contributed by atoms with Gasteiger partial charge in [0.05, 0.1) is 5.75 Å². The van der Waals surface area contributed by atoms with Gasteiger partial charge in [0.1, 0.15) is 0 Å². The van der Waals surface area contributed by atoms with Crippen molar-refractivity contribution in [1.82, 2.24) is 25.4 Å². The molecule has 4 N–H and O–H groups in total. The van der Waals surface area contributed by atoms with Gasteiger partial charge in [-0.05, 0) is 20.3 Å². The highest BCUT2D eigenvalue weighted by atomic mass is 32.2. The molecule has 0 aliphatic rings. The van der Waals surface area contributed by atoms with E-state index in [9.17, 15) is 9.59 Å². The van der Waals surface area contributed by atoms with Gasteiger partial charge in [0.25, 0.3) is 0 Å². The Hall–Kier alpha value is -1.77. The summed E-state index contributed by atoms with van der Waals surface area (Å²) in [6, 6.07) is -0.384. The summed E-state index contributed by atoms with van der Waals surface area (Å²) in [5, 5.41) is 13.0. The van der Waals surface area contributed by atoms with Crippen LogP contribution in [-0.4, -0.2) is 39.0 Å². The van der Waals surface area contributed by atoms with Crippen molar-refractivity contribution >= 4 is 29.6 Å². The molecule has 0 bridgehead atoms. The summed E-state index contributed by atoms with van der Waals surface area (Å²) in [5.41, 5.74) is 5.70. The van der Waals surface area contributed by atoms with Crippen LogP contribution in [0.4, 0.5) is 10.7 Å². The van der Waals surface area contributed by atoms with E-state index in [1.807, 2.05) is 20.8 Å². The fraction of sp³-hybridized carbons (Fsp3) is 0.636. The largest absolute Gasteiger partial charge is 0.368 e. The average molecular weight is 300 g/mol. The smallest absolute Gasteiger partial charge is 0.321 e. The summed E-state index contributed by atoms with van der Waals surface area (Å²) in [6.45, 7) is 6.36. The van der Waals surface area contributed by atoms with Gasteiger partial charge < -0.3 is 11.1 Å². The van der Waals surface area contributed by atoms with Crippen LogP contribution in [0.15, 0.2) is 5.16 Å². The third kappa shape index (κ3) is 4.72. The van der Waals surface area contributed by atoms with Crippen LogP contribution in [0, 0.1) is 0 Å². The van der Waals surface area contributed by atoms with E-state index in [4.69, 9.17) is 5.73 Å². The fourth-order valence-electron chi connectivity index (χ4n) is 1.45. The second-order valence-electron chi connectivity index (χ2n) is 4.40. The van der Waals surface area contributed by atoms with Crippen molar-refractivity contribution in [1.29, 1.82) is 0 Å². The third-order valence-electron chi connectivity index (χ3n) is 2.33. The number of rotatable bonds is 6. The van der Waals surface area contributed by atoms with E-state index < -0.39 is 6.03 Å². The number of anilines is 1. The van der Waals surface area contributed by atoms with Gasteiger partial charge in [0.2, 0.25) is 11.9 Å². The Kier molecular flexibility index (Phi) is 6.29. The molecule has 0 saturated heterocycles. The molecule has 0 unspecified atom stereocenters. The summed E-state index contributed by atoms with van der Waals surface area (Å²) in [5.74, 6) is -0.00575. The van der Waals surface area contributed by atoms with Crippen LogP contribution in [0.2, 0.25) is 0 Å². The van der Waals surface area contributed by atoms with E-state index in [0.29, 0.717) is 17.6 Å². The second kappa shape index (κ2) is 7.73. The lowest BCUT2D eigenvalue weighted by Gasteiger charge is -2.11. The molecule has 1 rings (SSSR count). The molecule has 112 valence electrons. The number of carbonyl (C=O) groups excluding carboxylic acids is 2. The zero-order chi connectivity index (χ0) is 15.1. The van der Waals surface area contributed by atoms with Gasteiger partial charge in [-0.15, -0.1) is 10.2 Å². The monoisotopic (exact) mass is 300 g/mol. The highest BCUT2D eigenvalue weighted by molar-refractivity contribution is 7.99.